The lowest BCUT2D eigenvalue weighted by Gasteiger charge is -2.20. The van der Waals surface area contributed by atoms with Crippen LogP contribution in [0.3, 0.4) is 0 Å². The molecule has 0 aliphatic rings. The maximum absolute atomic E-state index is 12.2. The van der Waals surface area contributed by atoms with Crippen LogP contribution in [0.1, 0.15) is 19.5 Å². The van der Waals surface area contributed by atoms with E-state index < -0.39 is 23.3 Å². The van der Waals surface area contributed by atoms with E-state index in [1.165, 1.54) is 13.8 Å². The molecule has 0 radical (unpaired) electrons. The lowest BCUT2D eigenvalue weighted by molar-refractivity contribution is -0.142. The zero-order chi connectivity index (χ0) is 11.9. The van der Waals surface area contributed by atoms with Crippen LogP contribution in [0.5, 0.6) is 0 Å². The zero-order valence-corrected chi connectivity index (χ0v) is 8.17. The van der Waals surface area contributed by atoms with Crippen molar-refractivity contribution in [3.63, 3.8) is 0 Å². The van der Waals surface area contributed by atoms with Gasteiger partial charge in [0.25, 0.3) is 0 Å². The van der Waals surface area contributed by atoms with Crippen molar-refractivity contribution < 1.29 is 18.0 Å². The first-order valence-corrected chi connectivity index (χ1v) is 4.09. The van der Waals surface area contributed by atoms with Gasteiger partial charge in [0.15, 0.2) is 5.69 Å². The molecule has 0 saturated carbocycles. The molecule has 0 spiro atoms. The fourth-order valence-electron chi connectivity index (χ4n) is 0.899. The Morgan fingerprint density at radius 1 is 1.47 bits per heavy atom. The molecule has 1 aromatic heterocycles. The topological polar surface area (TPSA) is 60.9 Å². The number of alkyl halides is 3. The first-order valence-electron chi connectivity index (χ1n) is 4.09. The van der Waals surface area contributed by atoms with E-state index in [1.54, 1.807) is 0 Å². The lowest BCUT2D eigenvalue weighted by atomic mass is 10.1. The molecule has 0 saturated heterocycles. The van der Waals surface area contributed by atoms with E-state index in [0.717, 1.165) is 16.9 Å². The molecular weight excluding hydrogens is 211 g/mol. The SMILES string of the molecule is CC(C)(C(N)=O)n1ccc(C(F)(F)F)n1. The number of nitrogens with zero attached hydrogens (tertiary/aromatic N) is 2. The molecule has 0 bridgehead atoms. The van der Waals surface area contributed by atoms with Crippen molar-refractivity contribution in [3.8, 4) is 0 Å². The van der Waals surface area contributed by atoms with Crippen molar-refractivity contribution in [2.45, 2.75) is 25.6 Å². The van der Waals surface area contributed by atoms with Crippen molar-refractivity contribution in [1.29, 1.82) is 0 Å². The minimum Gasteiger partial charge on any atom is -0.368 e. The van der Waals surface area contributed by atoms with E-state index in [0.29, 0.717) is 0 Å². The van der Waals surface area contributed by atoms with E-state index in [1.807, 2.05) is 0 Å². The minimum absolute atomic E-state index is 0.751. The number of aromatic nitrogens is 2. The van der Waals surface area contributed by atoms with Gasteiger partial charge in [-0.2, -0.15) is 18.3 Å². The third kappa shape index (κ3) is 2.11. The molecule has 1 heterocycles. The monoisotopic (exact) mass is 221 g/mol. The Balaban J connectivity index is 3.10. The summed E-state index contributed by atoms with van der Waals surface area (Å²) in [6, 6.07) is 0.796. The lowest BCUT2D eigenvalue weighted by Crippen LogP contribution is -2.41. The average molecular weight is 221 g/mol. The Labute approximate surface area is 83.9 Å². The highest BCUT2D eigenvalue weighted by molar-refractivity contribution is 5.81. The summed E-state index contributed by atoms with van der Waals surface area (Å²) < 4.78 is 37.5. The number of hydrogen-bond acceptors (Lipinski definition) is 2. The van der Waals surface area contributed by atoms with Gasteiger partial charge in [0.2, 0.25) is 5.91 Å². The molecule has 0 aromatic carbocycles. The molecule has 1 amide bonds. The van der Waals surface area contributed by atoms with Crippen molar-refractivity contribution in [3.05, 3.63) is 18.0 Å². The summed E-state index contributed by atoms with van der Waals surface area (Å²) in [5.41, 5.74) is 2.72. The molecule has 15 heavy (non-hydrogen) atoms. The van der Waals surface area contributed by atoms with Crippen molar-refractivity contribution >= 4 is 5.91 Å². The largest absolute Gasteiger partial charge is 0.435 e. The van der Waals surface area contributed by atoms with E-state index in [9.17, 15) is 18.0 Å². The predicted octanol–water partition coefficient (Wildman–Crippen LogP) is 1.12. The number of rotatable bonds is 2. The molecule has 0 fully saturated rings. The van der Waals surface area contributed by atoms with E-state index >= 15 is 0 Å². The van der Waals surface area contributed by atoms with Gasteiger partial charge in [-0.1, -0.05) is 0 Å². The highest BCUT2D eigenvalue weighted by Crippen LogP contribution is 2.28. The molecule has 0 atom stereocenters. The molecule has 0 unspecified atom stereocenters. The summed E-state index contributed by atoms with van der Waals surface area (Å²) in [7, 11) is 0. The molecule has 0 aliphatic heterocycles. The fraction of sp³-hybridized carbons (Fsp3) is 0.500. The Bertz CT molecular complexity index is 381. The average Bonchev–Trinajstić information content (AvgIpc) is 2.50. The predicted molar refractivity (Wildman–Crippen MR) is 45.7 cm³/mol. The van der Waals surface area contributed by atoms with E-state index in [4.69, 9.17) is 5.73 Å². The zero-order valence-electron chi connectivity index (χ0n) is 8.17. The van der Waals surface area contributed by atoms with Gasteiger partial charge in [-0.25, -0.2) is 0 Å². The summed E-state index contributed by atoms with van der Waals surface area (Å²) in [6.07, 6.45) is -3.44. The number of primary amides is 1. The third-order valence-corrected chi connectivity index (χ3v) is 2.06. The van der Waals surface area contributed by atoms with Crippen LogP contribution >= 0.6 is 0 Å². The summed E-state index contributed by atoms with van der Waals surface area (Å²) in [5, 5.41) is 3.27. The summed E-state index contributed by atoms with van der Waals surface area (Å²) in [4.78, 5) is 11.0. The van der Waals surface area contributed by atoms with Gasteiger partial charge in [-0.15, -0.1) is 0 Å². The maximum Gasteiger partial charge on any atom is 0.435 e. The van der Waals surface area contributed by atoms with Gasteiger partial charge in [0.1, 0.15) is 5.54 Å². The highest BCUT2D eigenvalue weighted by atomic mass is 19.4. The van der Waals surface area contributed by atoms with Crippen LogP contribution in [-0.4, -0.2) is 15.7 Å². The van der Waals surface area contributed by atoms with Crippen LogP contribution in [0.15, 0.2) is 12.3 Å². The number of halogens is 3. The summed E-state index contributed by atoms with van der Waals surface area (Å²) >= 11 is 0. The molecule has 1 aromatic rings. The van der Waals surface area contributed by atoms with Gasteiger partial charge in [0.05, 0.1) is 0 Å². The second-order valence-electron chi connectivity index (χ2n) is 3.57. The molecule has 4 nitrogen and oxygen atoms in total. The Morgan fingerprint density at radius 3 is 2.33 bits per heavy atom. The summed E-state index contributed by atoms with van der Waals surface area (Å²) in [6.45, 7) is 2.78. The smallest absolute Gasteiger partial charge is 0.368 e. The van der Waals surface area contributed by atoms with E-state index in [-0.39, 0.29) is 0 Å². The quantitative estimate of drug-likeness (QED) is 0.813. The van der Waals surface area contributed by atoms with Crippen LogP contribution in [0.25, 0.3) is 0 Å². The Morgan fingerprint density at radius 2 is 2.00 bits per heavy atom. The van der Waals surface area contributed by atoms with Gasteiger partial charge in [0, 0.05) is 6.20 Å². The van der Waals surface area contributed by atoms with Gasteiger partial charge >= 0.3 is 6.18 Å². The molecular formula is C8H10F3N3O. The Kier molecular flexibility index (Phi) is 2.50. The first kappa shape index (κ1) is 11.5. The fourth-order valence-corrected chi connectivity index (χ4v) is 0.899. The Hall–Kier alpha value is -1.53. The standard InChI is InChI=1S/C8H10F3N3O/c1-7(2,6(12)15)14-4-3-5(13-14)8(9,10)11/h3-4H,1-2H3,(H2,12,15). The van der Waals surface area contributed by atoms with Gasteiger partial charge in [-0.05, 0) is 19.9 Å². The number of amides is 1. The van der Waals surface area contributed by atoms with Crippen LogP contribution in [0, 0.1) is 0 Å². The molecule has 0 aliphatic carbocycles. The van der Waals surface area contributed by atoms with Gasteiger partial charge < -0.3 is 5.73 Å². The number of carbonyl (C=O) groups is 1. The van der Waals surface area contributed by atoms with Gasteiger partial charge in [-0.3, -0.25) is 9.48 Å². The van der Waals surface area contributed by atoms with Crippen LogP contribution in [0.2, 0.25) is 0 Å². The third-order valence-electron chi connectivity index (χ3n) is 2.06. The van der Waals surface area contributed by atoms with Crippen LogP contribution in [0.4, 0.5) is 13.2 Å². The van der Waals surface area contributed by atoms with Crippen molar-refractivity contribution in [2.24, 2.45) is 5.73 Å². The second kappa shape index (κ2) is 3.25. The minimum atomic E-state index is -4.51. The number of carbonyl (C=O) groups excluding carboxylic acids is 1. The molecule has 84 valence electrons. The summed E-state index contributed by atoms with van der Waals surface area (Å²) in [5.74, 6) is -0.751. The molecule has 2 N–H and O–H groups in total. The second-order valence-corrected chi connectivity index (χ2v) is 3.57. The maximum atomic E-state index is 12.2. The molecule has 1 rings (SSSR count). The van der Waals surface area contributed by atoms with Crippen molar-refractivity contribution in [2.75, 3.05) is 0 Å². The number of hydrogen-bond donors (Lipinski definition) is 1. The molecule has 7 heteroatoms. The van der Waals surface area contributed by atoms with E-state index in [2.05, 4.69) is 5.10 Å². The normalized spacial score (nSPS) is 12.9. The first-order chi connectivity index (χ1) is 6.65. The van der Waals surface area contributed by atoms with Crippen molar-refractivity contribution in [1.82, 2.24) is 9.78 Å². The van der Waals surface area contributed by atoms with Crippen LogP contribution in [-0.2, 0) is 16.5 Å². The number of nitrogens with two attached hydrogens (primary N) is 1. The highest BCUT2D eigenvalue weighted by Gasteiger charge is 2.36. The van der Waals surface area contributed by atoms with Crippen LogP contribution < -0.4 is 5.73 Å².